The Balaban J connectivity index is 1.61. The smallest absolute Gasteiger partial charge is 0.343 e. The Labute approximate surface area is 204 Å². The number of nitrogens with zero attached hydrogens (tertiary/aromatic N) is 1. The molecule has 0 spiro atoms. The van der Waals surface area contributed by atoms with E-state index in [4.69, 9.17) is 24.7 Å². The molecule has 3 aromatic rings. The summed E-state index contributed by atoms with van der Waals surface area (Å²) < 4.78 is 22.5. The molecule has 0 aromatic heterocycles. The molecule has 0 saturated carbocycles. The van der Waals surface area contributed by atoms with Crippen LogP contribution >= 0.6 is 0 Å². The van der Waals surface area contributed by atoms with E-state index in [1.165, 1.54) is 0 Å². The number of rotatable bonds is 7. The first-order valence-electron chi connectivity index (χ1n) is 11.3. The Morgan fingerprint density at radius 1 is 1.06 bits per heavy atom. The van der Waals surface area contributed by atoms with Gasteiger partial charge in [-0.05, 0) is 68.8 Å². The minimum Gasteiger partial charge on any atom is -0.494 e. The number of benzene rings is 3. The molecule has 7 nitrogen and oxygen atoms in total. The molecule has 0 radical (unpaired) electrons. The van der Waals surface area contributed by atoms with Gasteiger partial charge in [-0.2, -0.15) is 5.26 Å². The van der Waals surface area contributed by atoms with Crippen molar-refractivity contribution in [2.45, 2.75) is 32.8 Å². The van der Waals surface area contributed by atoms with Crippen LogP contribution in [0.2, 0.25) is 0 Å². The summed E-state index contributed by atoms with van der Waals surface area (Å²) >= 11 is 0. The van der Waals surface area contributed by atoms with Crippen molar-refractivity contribution >= 4 is 5.97 Å². The normalized spacial score (nSPS) is 14.5. The molecule has 7 heteroatoms. The Kier molecular flexibility index (Phi) is 6.93. The summed E-state index contributed by atoms with van der Waals surface area (Å²) in [4.78, 5) is 12.7. The van der Waals surface area contributed by atoms with Crippen molar-refractivity contribution in [2.75, 3.05) is 6.61 Å². The molecular formula is C28H26N2O5. The summed E-state index contributed by atoms with van der Waals surface area (Å²) in [5, 5.41) is 9.78. The summed E-state index contributed by atoms with van der Waals surface area (Å²) in [6.07, 6.45) is 0.0387. The van der Waals surface area contributed by atoms with Crippen molar-refractivity contribution in [3.8, 4) is 29.1 Å². The van der Waals surface area contributed by atoms with Gasteiger partial charge >= 0.3 is 5.97 Å². The Bertz CT molecular complexity index is 1310. The average Bonchev–Trinajstić information content (AvgIpc) is 2.83. The second-order valence-corrected chi connectivity index (χ2v) is 8.21. The fourth-order valence-electron chi connectivity index (χ4n) is 3.90. The Morgan fingerprint density at radius 2 is 1.80 bits per heavy atom. The number of carbonyl (C=O) groups is 1. The van der Waals surface area contributed by atoms with E-state index in [-0.39, 0.29) is 12.0 Å². The van der Waals surface area contributed by atoms with Crippen LogP contribution in [0.15, 0.2) is 78.2 Å². The van der Waals surface area contributed by atoms with Gasteiger partial charge in [0.1, 0.15) is 34.6 Å². The monoisotopic (exact) mass is 470 g/mol. The maximum atomic E-state index is 12.7. The molecule has 2 N–H and O–H groups in total. The largest absolute Gasteiger partial charge is 0.494 e. The molecule has 0 fully saturated rings. The zero-order chi connectivity index (χ0) is 24.9. The fraction of sp³-hybridized carbons (Fsp3) is 0.214. The molecule has 0 aliphatic carbocycles. The SMILES string of the molecule is CCOc1cccc(C2C(C#N)=C(N)Oc3cc(OC(=O)c4ccc(OC(C)C)cc4)ccc32)c1. The van der Waals surface area contributed by atoms with Crippen LogP contribution < -0.4 is 24.7 Å². The molecule has 1 unspecified atom stereocenters. The van der Waals surface area contributed by atoms with Gasteiger partial charge in [-0.15, -0.1) is 0 Å². The van der Waals surface area contributed by atoms with E-state index in [2.05, 4.69) is 6.07 Å². The fourth-order valence-corrected chi connectivity index (χ4v) is 3.90. The summed E-state index contributed by atoms with van der Waals surface area (Å²) in [6.45, 7) is 6.30. The molecule has 35 heavy (non-hydrogen) atoms. The molecule has 3 aromatic carbocycles. The summed E-state index contributed by atoms with van der Waals surface area (Å²) in [7, 11) is 0. The molecular weight excluding hydrogens is 444 g/mol. The number of fused-ring (bicyclic) bond motifs is 1. The molecule has 178 valence electrons. The van der Waals surface area contributed by atoms with Gasteiger partial charge in [-0.1, -0.05) is 18.2 Å². The minimum atomic E-state index is -0.515. The third-order valence-electron chi connectivity index (χ3n) is 5.37. The number of ether oxygens (including phenoxy) is 4. The van der Waals surface area contributed by atoms with E-state index < -0.39 is 11.9 Å². The predicted octanol–water partition coefficient (Wildman–Crippen LogP) is 5.31. The van der Waals surface area contributed by atoms with Crippen LogP contribution in [-0.2, 0) is 0 Å². The molecule has 1 heterocycles. The molecule has 1 aliphatic rings. The lowest BCUT2D eigenvalue weighted by atomic mass is 9.83. The van der Waals surface area contributed by atoms with Crippen molar-refractivity contribution < 1.29 is 23.7 Å². The predicted molar refractivity (Wildman–Crippen MR) is 131 cm³/mol. The van der Waals surface area contributed by atoms with Crippen LogP contribution in [-0.4, -0.2) is 18.7 Å². The topological polar surface area (TPSA) is 104 Å². The first-order valence-corrected chi connectivity index (χ1v) is 11.3. The van der Waals surface area contributed by atoms with Crippen molar-refractivity contribution in [2.24, 2.45) is 5.73 Å². The summed E-state index contributed by atoms with van der Waals surface area (Å²) in [5.74, 6) is 1.14. The lowest BCUT2D eigenvalue weighted by Crippen LogP contribution is -2.21. The van der Waals surface area contributed by atoms with Crippen LogP contribution in [0.1, 0.15) is 48.2 Å². The molecule has 0 amide bonds. The first-order chi connectivity index (χ1) is 16.9. The molecule has 0 bridgehead atoms. The second kappa shape index (κ2) is 10.2. The van der Waals surface area contributed by atoms with E-state index >= 15 is 0 Å². The van der Waals surface area contributed by atoms with Gasteiger partial charge in [0.25, 0.3) is 0 Å². The number of hydrogen-bond donors (Lipinski definition) is 1. The van der Waals surface area contributed by atoms with Gasteiger partial charge in [-0.25, -0.2) is 4.79 Å². The van der Waals surface area contributed by atoms with Crippen LogP contribution in [0.4, 0.5) is 0 Å². The summed E-state index contributed by atoms with van der Waals surface area (Å²) in [5.41, 5.74) is 8.37. The zero-order valence-corrected chi connectivity index (χ0v) is 19.8. The van der Waals surface area contributed by atoms with Gasteiger partial charge in [0.15, 0.2) is 0 Å². The lowest BCUT2D eigenvalue weighted by Gasteiger charge is -2.27. The highest BCUT2D eigenvalue weighted by Crippen LogP contribution is 2.44. The van der Waals surface area contributed by atoms with Gasteiger partial charge in [0.2, 0.25) is 5.88 Å². The number of nitrogens with two attached hydrogens (primary N) is 1. The van der Waals surface area contributed by atoms with E-state index in [1.807, 2.05) is 45.0 Å². The number of carbonyl (C=O) groups excluding carboxylic acids is 1. The third kappa shape index (κ3) is 5.22. The highest BCUT2D eigenvalue weighted by atomic mass is 16.5. The molecule has 1 aliphatic heterocycles. The van der Waals surface area contributed by atoms with Crippen molar-refractivity contribution in [3.05, 3.63) is 94.9 Å². The van der Waals surface area contributed by atoms with Crippen molar-refractivity contribution in [3.63, 3.8) is 0 Å². The van der Waals surface area contributed by atoms with Crippen LogP contribution in [0.5, 0.6) is 23.0 Å². The van der Waals surface area contributed by atoms with Gasteiger partial charge < -0.3 is 24.7 Å². The highest BCUT2D eigenvalue weighted by molar-refractivity contribution is 5.91. The van der Waals surface area contributed by atoms with E-state index in [0.717, 1.165) is 11.1 Å². The maximum absolute atomic E-state index is 12.7. The minimum absolute atomic E-state index is 0.0102. The van der Waals surface area contributed by atoms with Gasteiger partial charge in [0, 0.05) is 11.6 Å². The Morgan fingerprint density at radius 3 is 2.49 bits per heavy atom. The molecule has 4 rings (SSSR count). The van der Waals surface area contributed by atoms with Crippen LogP contribution in [0.3, 0.4) is 0 Å². The maximum Gasteiger partial charge on any atom is 0.343 e. The molecule has 0 saturated heterocycles. The second-order valence-electron chi connectivity index (χ2n) is 8.21. The highest BCUT2D eigenvalue weighted by Gasteiger charge is 2.31. The zero-order valence-electron chi connectivity index (χ0n) is 19.8. The van der Waals surface area contributed by atoms with Crippen LogP contribution in [0, 0.1) is 11.3 Å². The standard InChI is InChI=1S/C28H26N2O5/c1-4-32-21-7-5-6-19(14-21)26-23-13-12-22(15-25(23)35-27(30)24(26)16-29)34-28(31)18-8-10-20(11-9-18)33-17(2)3/h5-15,17,26H,4,30H2,1-3H3. The third-order valence-corrected chi connectivity index (χ3v) is 5.37. The molecule has 1 atom stereocenters. The quantitative estimate of drug-likeness (QED) is 0.369. The van der Waals surface area contributed by atoms with Crippen molar-refractivity contribution in [1.82, 2.24) is 0 Å². The van der Waals surface area contributed by atoms with Gasteiger partial charge in [0.05, 0.1) is 24.2 Å². The van der Waals surface area contributed by atoms with E-state index in [9.17, 15) is 10.1 Å². The van der Waals surface area contributed by atoms with Crippen molar-refractivity contribution in [1.29, 1.82) is 5.26 Å². The van der Waals surface area contributed by atoms with Crippen LogP contribution in [0.25, 0.3) is 0 Å². The lowest BCUT2D eigenvalue weighted by molar-refractivity contribution is 0.0734. The first kappa shape index (κ1) is 23.7. The number of nitriles is 1. The van der Waals surface area contributed by atoms with E-state index in [0.29, 0.717) is 40.7 Å². The van der Waals surface area contributed by atoms with E-state index in [1.54, 1.807) is 42.5 Å². The number of esters is 1. The average molecular weight is 471 g/mol. The number of hydrogen-bond acceptors (Lipinski definition) is 7. The summed E-state index contributed by atoms with van der Waals surface area (Å²) in [6, 6.07) is 21.5. The van der Waals surface area contributed by atoms with Gasteiger partial charge in [-0.3, -0.25) is 0 Å². The Hall–Kier alpha value is -4.44. The number of allylic oxidation sites excluding steroid dienone is 1.